The predicted octanol–water partition coefficient (Wildman–Crippen LogP) is 0.820. The molecule has 21 heavy (non-hydrogen) atoms. The van der Waals surface area contributed by atoms with Crippen molar-refractivity contribution < 1.29 is 14.7 Å². The number of aliphatic carboxylic acids is 1. The van der Waals surface area contributed by atoms with Crippen LogP contribution >= 0.6 is 0 Å². The molecule has 0 saturated carbocycles. The zero-order chi connectivity index (χ0) is 15.8. The van der Waals surface area contributed by atoms with Gasteiger partial charge in [-0.2, -0.15) is 5.10 Å². The van der Waals surface area contributed by atoms with Crippen LogP contribution in [0.3, 0.4) is 0 Å². The molecular weight excluding hydrogens is 274 g/mol. The summed E-state index contributed by atoms with van der Waals surface area (Å²) < 4.78 is 1.24. The molecule has 1 rings (SSSR count). The number of carbonyl (C=O) groups is 2. The molecule has 0 aliphatic rings. The van der Waals surface area contributed by atoms with E-state index >= 15 is 0 Å². The third-order valence-corrected chi connectivity index (χ3v) is 3.28. The summed E-state index contributed by atoms with van der Waals surface area (Å²) in [5, 5.41) is 17.8. The summed E-state index contributed by atoms with van der Waals surface area (Å²) in [5.41, 5.74) is 0.462. The minimum absolute atomic E-state index is 0.233. The van der Waals surface area contributed by atoms with E-state index in [9.17, 15) is 9.59 Å². The highest BCUT2D eigenvalue weighted by atomic mass is 16.4. The largest absolute Gasteiger partial charge is 0.480 e. The van der Waals surface area contributed by atoms with Crippen LogP contribution in [0.2, 0.25) is 0 Å². The van der Waals surface area contributed by atoms with Crippen LogP contribution in [0.5, 0.6) is 0 Å². The van der Waals surface area contributed by atoms with Gasteiger partial charge in [-0.3, -0.25) is 9.48 Å². The van der Waals surface area contributed by atoms with E-state index in [2.05, 4.69) is 34.5 Å². The van der Waals surface area contributed by atoms with E-state index in [1.807, 2.05) is 7.05 Å². The number of rotatable bonds is 8. The fourth-order valence-corrected chi connectivity index (χ4v) is 1.71. The molecule has 1 aromatic heterocycles. The Morgan fingerprint density at radius 2 is 2.24 bits per heavy atom. The summed E-state index contributed by atoms with van der Waals surface area (Å²) in [6, 6.07) is 0.145. The Morgan fingerprint density at radius 1 is 1.52 bits per heavy atom. The van der Waals surface area contributed by atoms with Crippen molar-refractivity contribution in [1.82, 2.24) is 20.0 Å². The Labute approximate surface area is 124 Å². The molecule has 1 atom stereocenters. The second-order valence-electron chi connectivity index (χ2n) is 4.94. The quantitative estimate of drug-likeness (QED) is 0.659. The average molecular weight is 297 g/mol. The zero-order valence-electron chi connectivity index (χ0n) is 12.7. The lowest BCUT2D eigenvalue weighted by Gasteiger charge is -2.23. The summed E-state index contributed by atoms with van der Waals surface area (Å²) in [6.45, 7) is 5.33. The molecule has 8 nitrogen and oxygen atoms in total. The summed E-state index contributed by atoms with van der Waals surface area (Å²) >= 11 is 0. The van der Waals surface area contributed by atoms with E-state index in [0.717, 1.165) is 13.0 Å². The van der Waals surface area contributed by atoms with Crippen LogP contribution in [-0.4, -0.2) is 58.0 Å². The summed E-state index contributed by atoms with van der Waals surface area (Å²) in [5.74, 6) is -0.984. The molecule has 0 radical (unpaired) electrons. The molecule has 0 fully saturated rings. The Morgan fingerprint density at radius 3 is 2.86 bits per heavy atom. The van der Waals surface area contributed by atoms with E-state index < -0.39 is 5.97 Å². The number of anilines is 1. The number of carbonyl (C=O) groups excluding carboxylic acids is 1. The van der Waals surface area contributed by atoms with Crippen LogP contribution in [0.25, 0.3) is 0 Å². The van der Waals surface area contributed by atoms with Gasteiger partial charge in [-0.1, -0.05) is 6.92 Å². The van der Waals surface area contributed by atoms with Gasteiger partial charge in [0.1, 0.15) is 6.54 Å². The molecule has 1 unspecified atom stereocenters. The van der Waals surface area contributed by atoms with Gasteiger partial charge >= 0.3 is 12.0 Å². The van der Waals surface area contributed by atoms with Gasteiger partial charge in [0.2, 0.25) is 0 Å². The highest BCUT2D eigenvalue weighted by Crippen LogP contribution is 2.04. The number of carboxylic acid groups (broad SMARTS) is 1. The van der Waals surface area contributed by atoms with Crippen molar-refractivity contribution in [3.8, 4) is 0 Å². The van der Waals surface area contributed by atoms with Crippen molar-refractivity contribution in [2.75, 3.05) is 25.5 Å². The average Bonchev–Trinajstić information content (AvgIpc) is 2.83. The first-order valence-electron chi connectivity index (χ1n) is 6.91. The molecule has 0 aliphatic carbocycles. The maximum absolute atomic E-state index is 11.7. The number of carboxylic acids is 1. The first-order valence-corrected chi connectivity index (χ1v) is 6.91. The monoisotopic (exact) mass is 297 g/mol. The molecule has 0 spiro atoms. The molecule has 3 N–H and O–H groups in total. The normalized spacial score (nSPS) is 12.2. The lowest BCUT2D eigenvalue weighted by Crippen LogP contribution is -2.38. The highest BCUT2D eigenvalue weighted by molar-refractivity contribution is 5.88. The van der Waals surface area contributed by atoms with Crippen LogP contribution in [-0.2, 0) is 11.3 Å². The first kappa shape index (κ1) is 17.0. The molecule has 8 heteroatoms. The SMILES string of the molecule is CCC(C)N(C)CCNC(=O)Nc1cnn(CC(=O)O)c1. The summed E-state index contributed by atoms with van der Waals surface area (Å²) in [6.07, 6.45) is 3.94. The maximum atomic E-state index is 11.7. The van der Waals surface area contributed by atoms with E-state index in [1.165, 1.54) is 17.1 Å². The Hall–Kier alpha value is -2.09. The van der Waals surface area contributed by atoms with Gasteiger partial charge in [0, 0.05) is 25.3 Å². The number of hydrogen-bond donors (Lipinski definition) is 3. The van der Waals surface area contributed by atoms with E-state index in [4.69, 9.17) is 5.11 Å². The standard InChI is InChI=1S/C13H23N5O3/c1-4-10(2)17(3)6-5-14-13(21)16-11-7-15-18(8-11)9-12(19)20/h7-8,10H,4-6,9H2,1-3H3,(H,19,20)(H2,14,16,21). The lowest BCUT2D eigenvalue weighted by molar-refractivity contribution is -0.137. The van der Waals surface area contributed by atoms with Gasteiger partial charge in [0.25, 0.3) is 0 Å². The predicted molar refractivity (Wildman–Crippen MR) is 79.3 cm³/mol. The smallest absolute Gasteiger partial charge is 0.325 e. The number of nitrogens with one attached hydrogen (secondary N) is 2. The number of nitrogens with zero attached hydrogens (tertiary/aromatic N) is 3. The molecule has 0 bridgehead atoms. The zero-order valence-corrected chi connectivity index (χ0v) is 12.7. The fraction of sp³-hybridized carbons (Fsp3) is 0.615. The number of amides is 2. The number of likely N-dealkylation sites (N-methyl/N-ethyl adjacent to an activating group) is 1. The summed E-state index contributed by atoms with van der Waals surface area (Å²) in [7, 11) is 2.02. The third-order valence-electron chi connectivity index (χ3n) is 3.28. The highest BCUT2D eigenvalue weighted by Gasteiger charge is 2.08. The second-order valence-corrected chi connectivity index (χ2v) is 4.94. The van der Waals surface area contributed by atoms with Gasteiger partial charge in [-0.25, -0.2) is 4.79 Å². The van der Waals surface area contributed by atoms with Crippen LogP contribution in [0.4, 0.5) is 10.5 Å². The fourth-order valence-electron chi connectivity index (χ4n) is 1.71. The molecule has 0 aromatic carbocycles. The molecule has 1 heterocycles. The van der Waals surface area contributed by atoms with Crippen LogP contribution in [0, 0.1) is 0 Å². The minimum atomic E-state index is -0.984. The molecular formula is C13H23N5O3. The Kier molecular flexibility index (Phi) is 6.67. The van der Waals surface area contributed by atoms with E-state index in [-0.39, 0.29) is 12.6 Å². The van der Waals surface area contributed by atoms with Crippen molar-refractivity contribution in [3.63, 3.8) is 0 Å². The van der Waals surface area contributed by atoms with Crippen molar-refractivity contribution in [2.24, 2.45) is 0 Å². The number of aromatic nitrogens is 2. The van der Waals surface area contributed by atoms with Gasteiger partial charge in [0.15, 0.2) is 0 Å². The molecule has 0 aliphatic heterocycles. The van der Waals surface area contributed by atoms with Gasteiger partial charge < -0.3 is 20.6 Å². The van der Waals surface area contributed by atoms with Crippen molar-refractivity contribution in [2.45, 2.75) is 32.9 Å². The van der Waals surface area contributed by atoms with E-state index in [1.54, 1.807) is 0 Å². The molecule has 2 amide bonds. The number of hydrogen-bond acceptors (Lipinski definition) is 4. The first-order chi connectivity index (χ1) is 9.92. The van der Waals surface area contributed by atoms with E-state index in [0.29, 0.717) is 18.3 Å². The third kappa shape index (κ3) is 6.26. The molecule has 118 valence electrons. The minimum Gasteiger partial charge on any atom is -0.480 e. The summed E-state index contributed by atoms with van der Waals surface area (Å²) in [4.78, 5) is 24.4. The molecule has 0 saturated heterocycles. The number of urea groups is 1. The maximum Gasteiger partial charge on any atom is 0.325 e. The van der Waals surface area contributed by atoms with Crippen LogP contribution in [0.1, 0.15) is 20.3 Å². The van der Waals surface area contributed by atoms with Crippen LogP contribution in [0.15, 0.2) is 12.4 Å². The van der Waals surface area contributed by atoms with Crippen molar-refractivity contribution in [3.05, 3.63) is 12.4 Å². The topological polar surface area (TPSA) is 99.5 Å². The second kappa shape index (κ2) is 8.25. The Balaban J connectivity index is 2.30. The van der Waals surface area contributed by atoms with Gasteiger partial charge in [-0.05, 0) is 20.4 Å². The lowest BCUT2D eigenvalue weighted by atomic mass is 10.2. The van der Waals surface area contributed by atoms with Gasteiger partial charge in [-0.15, -0.1) is 0 Å². The Bertz CT molecular complexity index is 474. The van der Waals surface area contributed by atoms with Crippen molar-refractivity contribution in [1.29, 1.82) is 0 Å². The molecule has 1 aromatic rings. The van der Waals surface area contributed by atoms with Crippen LogP contribution < -0.4 is 10.6 Å². The van der Waals surface area contributed by atoms with Gasteiger partial charge in [0.05, 0.1) is 11.9 Å². The van der Waals surface area contributed by atoms with Crippen molar-refractivity contribution >= 4 is 17.7 Å².